The molecule has 32 heavy (non-hydrogen) atoms. The van der Waals surface area contributed by atoms with Crippen LogP contribution in [0.4, 0.5) is 17.3 Å². The van der Waals surface area contributed by atoms with E-state index in [0.717, 1.165) is 43.5 Å². The molecule has 0 saturated carbocycles. The molecule has 0 spiro atoms. The SMILES string of the molecule is CC1=CCC[C@H](C)[C@@]1(C)CC/C(C)=C/CC/C(C)=C/C[NH+]1CN(C)c2ncnc(N)c21.[Cl-]. The molecular weight excluding hydrogens is 418 g/mol. The first-order valence-corrected chi connectivity index (χ1v) is 11.9. The molecule has 3 atom stereocenters. The van der Waals surface area contributed by atoms with Crippen LogP contribution in [-0.2, 0) is 0 Å². The number of hydrogen-bond acceptors (Lipinski definition) is 4. The van der Waals surface area contributed by atoms with Gasteiger partial charge in [0.15, 0.2) is 12.5 Å². The van der Waals surface area contributed by atoms with E-state index in [1.54, 1.807) is 11.9 Å². The van der Waals surface area contributed by atoms with Gasteiger partial charge in [0, 0.05) is 7.05 Å². The number of allylic oxidation sites excluding steroid dienone is 5. The maximum absolute atomic E-state index is 6.12. The Morgan fingerprint density at radius 2 is 1.97 bits per heavy atom. The molecule has 0 radical (unpaired) electrons. The zero-order valence-corrected chi connectivity index (χ0v) is 21.6. The number of quaternary nitrogens is 1. The van der Waals surface area contributed by atoms with Gasteiger partial charge in [-0.3, -0.25) is 4.90 Å². The first kappa shape index (κ1) is 26.4. The van der Waals surface area contributed by atoms with Crippen molar-refractivity contribution in [2.24, 2.45) is 11.3 Å². The van der Waals surface area contributed by atoms with E-state index in [2.05, 4.69) is 74.8 Å². The predicted octanol–water partition coefficient (Wildman–Crippen LogP) is 1.82. The summed E-state index contributed by atoms with van der Waals surface area (Å²) in [5.74, 6) is 2.34. The van der Waals surface area contributed by atoms with E-state index in [9.17, 15) is 0 Å². The average molecular weight is 460 g/mol. The minimum atomic E-state index is 0. The van der Waals surface area contributed by atoms with Gasteiger partial charge in [0.25, 0.3) is 0 Å². The number of rotatable bonds is 8. The normalized spacial score (nSPS) is 25.9. The van der Waals surface area contributed by atoms with Gasteiger partial charge < -0.3 is 23.0 Å². The van der Waals surface area contributed by atoms with E-state index in [4.69, 9.17) is 5.73 Å². The standard InChI is InChI=1S/C26H41N5.ClH/c1-19(13-15-26(5)21(3)11-8-12-22(26)4)9-7-10-20(2)14-16-31-18-30(6)25-23(31)24(27)28-17-29-25;/h9,11,14,17,22H,7-8,10,12-13,15-16,18H2,1-6H3,(H2,27,28,29);1H/b19-9+,20-14+;/t22-,26-;/m0./s1. The number of halogens is 1. The smallest absolute Gasteiger partial charge is 0.218 e. The second-order valence-electron chi connectivity index (χ2n) is 10.0. The minimum absolute atomic E-state index is 0. The van der Waals surface area contributed by atoms with E-state index in [1.807, 2.05) is 0 Å². The molecule has 3 rings (SSSR count). The third-order valence-electron chi connectivity index (χ3n) is 7.81. The molecule has 1 aliphatic heterocycles. The Balaban J connectivity index is 0.00000363. The molecule has 178 valence electrons. The zero-order chi connectivity index (χ0) is 22.6. The van der Waals surface area contributed by atoms with Crippen LogP contribution in [0.15, 0.2) is 41.3 Å². The van der Waals surface area contributed by atoms with Gasteiger partial charge in [0.2, 0.25) is 11.5 Å². The summed E-state index contributed by atoms with van der Waals surface area (Å²) in [6.07, 6.45) is 16.1. The van der Waals surface area contributed by atoms with Gasteiger partial charge in [-0.25, -0.2) is 9.97 Å². The number of nitrogens with zero attached hydrogens (tertiary/aromatic N) is 3. The lowest BCUT2D eigenvalue weighted by Crippen LogP contribution is -3.06. The number of fused-ring (bicyclic) bond motifs is 1. The lowest BCUT2D eigenvalue weighted by atomic mass is 9.65. The lowest BCUT2D eigenvalue weighted by Gasteiger charge is -2.40. The second-order valence-corrected chi connectivity index (χ2v) is 10.0. The van der Waals surface area contributed by atoms with Crippen LogP contribution in [0.3, 0.4) is 0 Å². The molecule has 0 saturated heterocycles. The molecule has 0 bridgehead atoms. The molecule has 0 fully saturated rings. The molecule has 1 aliphatic carbocycles. The molecule has 1 aromatic heterocycles. The minimum Gasteiger partial charge on any atom is -1.00 e. The van der Waals surface area contributed by atoms with Gasteiger partial charge in [-0.05, 0) is 76.7 Å². The Bertz CT molecular complexity index is 875. The molecule has 0 aromatic carbocycles. The van der Waals surface area contributed by atoms with Gasteiger partial charge >= 0.3 is 0 Å². The van der Waals surface area contributed by atoms with Crippen molar-refractivity contribution >= 4 is 17.3 Å². The number of nitrogens with two attached hydrogens (primary N) is 1. The fourth-order valence-corrected chi connectivity index (χ4v) is 5.06. The maximum Gasteiger partial charge on any atom is 0.218 e. The summed E-state index contributed by atoms with van der Waals surface area (Å²) >= 11 is 0. The lowest BCUT2D eigenvalue weighted by molar-refractivity contribution is -0.818. The topological polar surface area (TPSA) is 59.5 Å². The summed E-state index contributed by atoms with van der Waals surface area (Å²) in [4.78, 5) is 12.1. The van der Waals surface area contributed by atoms with Crippen LogP contribution in [0.1, 0.15) is 73.1 Å². The highest BCUT2D eigenvalue weighted by Gasteiger charge is 2.34. The molecule has 0 amide bonds. The first-order valence-electron chi connectivity index (χ1n) is 11.9. The summed E-state index contributed by atoms with van der Waals surface area (Å²) < 4.78 is 0. The molecule has 2 heterocycles. The van der Waals surface area contributed by atoms with Gasteiger partial charge in [-0.2, -0.15) is 0 Å². The Morgan fingerprint density at radius 1 is 1.25 bits per heavy atom. The highest BCUT2D eigenvalue weighted by Crippen LogP contribution is 2.45. The van der Waals surface area contributed by atoms with Crippen LogP contribution in [0.2, 0.25) is 0 Å². The van der Waals surface area contributed by atoms with Crippen molar-refractivity contribution in [1.29, 1.82) is 0 Å². The van der Waals surface area contributed by atoms with Crippen LogP contribution in [0, 0.1) is 11.3 Å². The summed E-state index contributed by atoms with van der Waals surface area (Å²) in [7, 11) is 2.06. The molecule has 1 aromatic rings. The van der Waals surface area contributed by atoms with E-state index in [0.29, 0.717) is 11.2 Å². The van der Waals surface area contributed by atoms with Crippen molar-refractivity contribution in [2.45, 2.75) is 73.1 Å². The van der Waals surface area contributed by atoms with Gasteiger partial charge in [0.1, 0.15) is 12.9 Å². The number of nitrogen functional groups attached to an aromatic ring is 1. The number of hydrogen-bond donors (Lipinski definition) is 2. The molecule has 3 N–H and O–H groups in total. The average Bonchev–Trinajstić information content (AvgIpc) is 3.06. The van der Waals surface area contributed by atoms with Crippen LogP contribution < -0.4 is 27.9 Å². The Labute approximate surface area is 201 Å². The highest BCUT2D eigenvalue weighted by molar-refractivity contribution is 5.69. The second kappa shape index (κ2) is 11.3. The van der Waals surface area contributed by atoms with Crippen molar-refractivity contribution in [1.82, 2.24) is 9.97 Å². The molecule has 5 nitrogen and oxygen atoms in total. The molecule has 1 unspecified atom stereocenters. The van der Waals surface area contributed by atoms with Crippen LogP contribution in [0.5, 0.6) is 0 Å². The maximum atomic E-state index is 6.12. The van der Waals surface area contributed by atoms with Crippen molar-refractivity contribution in [3.8, 4) is 0 Å². The van der Waals surface area contributed by atoms with E-state index in [1.165, 1.54) is 41.7 Å². The first-order chi connectivity index (χ1) is 14.7. The van der Waals surface area contributed by atoms with E-state index in [-0.39, 0.29) is 12.4 Å². The predicted molar refractivity (Wildman–Crippen MR) is 131 cm³/mol. The van der Waals surface area contributed by atoms with Crippen molar-refractivity contribution in [2.75, 3.05) is 30.9 Å². The van der Waals surface area contributed by atoms with Crippen molar-refractivity contribution in [3.63, 3.8) is 0 Å². The summed E-state index contributed by atoms with van der Waals surface area (Å²) in [5, 5.41) is 0. The third-order valence-corrected chi connectivity index (χ3v) is 7.81. The Kier molecular flexibility index (Phi) is 9.35. The summed E-state index contributed by atoms with van der Waals surface area (Å²) in [5.41, 5.74) is 12.1. The van der Waals surface area contributed by atoms with Crippen molar-refractivity contribution < 1.29 is 17.3 Å². The Morgan fingerprint density at radius 3 is 2.69 bits per heavy atom. The van der Waals surface area contributed by atoms with Gasteiger partial charge in [0.05, 0.1) is 0 Å². The van der Waals surface area contributed by atoms with Gasteiger partial charge in [-0.1, -0.05) is 42.7 Å². The van der Waals surface area contributed by atoms with Crippen LogP contribution in [-0.4, -0.2) is 30.2 Å². The zero-order valence-electron chi connectivity index (χ0n) is 20.8. The fourth-order valence-electron chi connectivity index (χ4n) is 5.06. The Hall–Kier alpha value is -1.85. The van der Waals surface area contributed by atoms with Crippen LogP contribution >= 0.6 is 0 Å². The van der Waals surface area contributed by atoms with Gasteiger partial charge in [-0.15, -0.1) is 0 Å². The molecule has 6 heteroatoms. The number of anilines is 2. The monoisotopic (exact) mass is 459 g/mol. The largest absolute Gasteiger partial charge is 1.00 e. The van der Waals surface area contributed by atoms with Crippen molar-refractivity contribution in [3.05, 3.63) is 41.3 Å². The summed E-state index contributed by atoms with van der Waals surface area (Å²) in [6, 6.07) is 0. The third kappa shape index (κ3) is 5.93. The quantitative estimate of drug-likeness (QED) is 0.582. The molecule has 2 aliphatic rings. The number of nitrogens with one attached hydrogen (secondary N) is 1. The fraction of sp³-hybridized carbons (Fsp3) is 0.615. The summed E-state index contributed by atoms with van der Waals surface area (Å²) in [6.45, 7) is 13.6. The number of aromatic nitrogens is 2. The van der Waals surface area contributed by atoms with E-state index < -0.39 is 0 Å². The molecular formula is C26H42ClN5. The van der Waals surface area contributed by atoms with E-state index >= 15 is 0 Å². The highest BCUT2D eigenvalue weighted by atomic mass is 35.5. The van der Waals surface area contributed by atoms with Crippen LogP contribution in [0.25, 0.3) is 0 Å².